The maximum Gasteiger partial charge on any atom is 0.151 e. The third-order valence-corrected chi connectivity index (χ3v) is 3.52. The highest BCUT2D eigenvalue weighted by atomic mass is 16.3. The molecule has 0 radical (unpaired) electrons. The SMILES string of the molecule is CN1CCC(c2cc(-c3ccco3)[nH]n2)CC1. The Hall–Kier alpha value is -1.55. The van der Waals surface area contributed by atoms with Crippen LogP contribution in [0.25, 0.3) is 11.5 Å². The van der Waals surface area contributed by atoms with Crippen LogP contribution in [0.15, 0.2) is 28.9 Å². The molecule has 1 aliphatic heterocycles. The number of aromatic amines is 1. The van der Waals surface area contributed by atoms with Crippen molar-refractivity contribution in [1.29, 1.82) is 0 Å². The minimum Gasteiger partial charge on any atom is -0.463 e. The van der Waals surface area contributed by atoms with Crippen molar-refractivity contribution in [3.8, 4) is 11.5 Å². The predicted octanol–water partition coefficient (Wildman–Crippen LogP) is 2.48. The first kappa shape index (κ1) is 10.6. The van der Waals surface area contributed by atoms with Crippen LogP contribution in [-0.4, -0.2) is 35.2 Å². The normalized spacial score (nSPS) is 18.6. The fourth-order valence-electron chi connectivity index (χ4n) is 2.41. The summed E-state index contributed by atoms with van der Waals surface area (Å²) in [5.41, 5.74) is 2.15. The Kier molecular flexibility index (Phi) is 2.73. The summed E-state index contributed by atoms with van der Waals surface area (Å²) in [5, 5.41) is 7.48. The van der Waals surface area contributed by atoms with E-state index < -0.39 is 0 Å². The molecule has 4 heteroatoms. The van der Waals surface area contributed by atoms with E-state index in [9.17, 15) is 0 Å². The van der Waals surface area contributed by atoms with E-state index in [1.165, 1.54) is 18.5 Å². The third-order valence-electron chi connectivity index (χ3n) is 3.52. The van der Waals surface area contributed by atoms with Crippen molar-refractivity contribution in [2.75, 3.05) is 20.1 Å². The lowest BCUT2D eigenvalue weighted by Gasteiger charge is -2.27. The minimum absolute atomic E-state index is 0.589. The highest BCUT2D eigenvalue weighted by Gasteiger charge is 2.21. The Labute approximate surface area is 101 Å². The molecule has 1 saturated heterocycles. The molecule has 0 aromatic carbocycles. The molecule has 0 amide bonds. The summed E-state index contributed by atoms with van der Waals surface area (Å²) in [4.78, 5) is 2.37. The minimum atomic E-state index is 0.589. The summed E-state index contributed by atoms with van der Waals surface area (Å²) < 4.78 is 5.36. The Bertz CT molecular complexity index is 467. The molecule has 2 aromatic heterocycles. The Balaban J connectivity index is 1.76. The van der Waals surface area contributed by atoms with Gasteiger partial charge in [-0.1, -0.05) is 0 Å². The molecular weight excluding hydrogens is 214 g/mol. The maximum absolute atomic E-state index is 5.36. The van der Waals surface area contributed by atoms with Gasteiger partial charge in [0, 0.05) is 5.92 Å². The van der Waals surface area contributed by atoms with E-state index in [-0.39, 0.29) is 0 Å². The Morgan fingerprint density at radius 3 is 2.94 bits per heavy atom. The first-order valence-electron chi connectivity index (χ1n) is 6.10. The summed E-state index contributed by atoms with van der Waals surface area (Å²) in [5.74, 6) is 1.45. The van der Waals surface area contributed by atoms with Gasteiger partial charge < -0.3 is 9.32 Å². The number of hydrogen-bond donors (Lipinski definition) is 1. The van der Waals surface area contributed by atoms with Crippen molar-refractivity contribution in [2.24, 2.45) is 0 Å². The van der Waals surface area contributed by atoms with Crippen LogP contribution in [0.3, 0.4) is 0 Å². The van der Waals surface area contributed by atoms with Crippen molar-refractivity contribution in [3.63, 3.8) is 0 Å². The maximum atomic E-state index is 5.36. The van der Waals surface area contributed by atoms with Crippen molar-refractivity contribution in [2.45, 2.75) is 18.8 Å². The van der Waals surface area contributed by atoms with E-state index in [2.05, 4.69) is 28.2 Å². The van der Waals surface area contributed by atoms with Crippen LogP contribution in [-0.2, 0) is 0 Å². The van der Waals surface area contributed by atoms with Crippen LogP contribution >= 0.6 is 0 Å². The lowest BCUT2D eigenvalue weighted by molar-refractivity contribution is 0.253. The lowest BCUT2D eigenvalue weighted by atomic mass is 9.94. The molecule has 0 saturated carbocycles. The molecule has 3 rings (SSSR count). The van der Waals surface area contributed by atoms with Gasteiger partial charge in [-0.15, -0.1) is 0 Å². The number of H-pyrrole nitrogens is 1. The third kappa shape index (κ3) is 2.13. The summed E-state index contributed by atoms with van der Waals surface area (Å²) in [7, 11) is 2.18. The van der Waals surface area contributed by atoms with Gasteiger partial charge in [-0.3, -0.25) is 5.10 Å². The highest BCUT2D eigenvalue weighted by molar-refractivity contribution is 5.52. The van der Waals surface area contributed by atoms with Gasteiger partial charge >= 0.3 is 0 Å². The first-order chi connectivity index (χ1) is 8.33. The van der Waals surface area contributed by atoms with E-state index in [1.807, 2.05) is 12.1 Å². The van der Waals surface area contributed by atoms with Gasteiger partial charge in [-0.05, 0) is 51.2 Å². The van der Waals surface area contributed by atoms with Gasteiger partial charge in [0.05, 0.1) is 12.0 Å². The first-order valence-corrected chi connectivity index (χ1v) is 6.10. The molecule has 0 unspecified atom stereocenters. The second-order valence-electron chi connectivity index (χ2n) is 4.76. The van der Waals surface area contributed by atoms with E-state index >= 15 is 0 Å². The zero-order chi connectivity index (χ0) is 11.7. The number of nitrogens with zero attached hydrogens (tertiary/aromatic N) is 2. The largest absolute Gasteiger partial charge is 0.463 e. The smallest absolute Gasteiger partial charge is 0.151 e. The molecule has 0 bridgehead atoms. The Morgan fingerprint density at radius 1 is 1.41 bits per heavy atom. The topological polar surface area (TPSA) is 45.1 Å². The monoisotopic (exact) mass is 231 g/mol. The van der Waals surface area contributed by atoms with E-state index in [0.717, 1.165) is 24.5 Å². The second kappa shape index (κ2) is 4.37. The molecule has 0 atom stereocenters. The second-order valence-corrected chi connectivity index (χ2v) is 4.76. The molecular formula is C13H17N3O. The molecule has 1 N–H and O–H groups in total. The molecule has 3 heterocycles. The van der Waals surface area contributed by atoms with E-state index in [1.54, 1.807) is 6.26 Å². The average Bonchev–Trinajstić information content (AvgIpc) is 3.00. The molecule has 17 heavy (non-hydrogen) atoms. The predicted molar refractivity (Wildman–Crippen MR) is 65.8 cm³/mol. The molecule has 0 spiro atoms. The molecule has 2 aromatic rings. The highest BCUT2D eigenvalue weighted by Crippen LogP contribution is 2.28. The van der Waals surface area contributed by atoms with Gasteiger partial charge in [0.2, 0.25) is 0 Å². The van der Waals surface area contributed by atoms with Crippen LogP contribution < -0.4 is 0 Å². The summed E-state index contributed by atoms with van der Waals surface area (Å²) in [6.07, 6.45) is 4.07. The number of aromatic nitrogens is 2. The summed E-state index contributed by atoms with van der Waals surface area (Å²) >= 11 is 0. The lowest BCUT2D eigenvalue weighted by Crippen LogP contribution is -2.29. The zero-order valence-corrected chi connectivity index (χ0v) is 10.0. The van der Waals surface area contributed by atoms with Gasteiger partial charge in [0.1, 0.15) is 5.69 Å². The fraction of sp³-hybridized carbons (Fsp3) is 0.462. The van der Waals surface area contributed by atoms with Crippen LogP contribution in [0, 0.1) is 0 Å². The Morgan fingerprint density at radius 2 is 2.24 bits per heavy atom. The van der Waals surface area contributed by atoms with Crippen LogP contribution in [0.1, 0.15) is 24.5 Å². The van der Waals surface area contributed by atoms with E-state index in [4.69, 9.17) is 4.42 Å². The summed E-state index contributed by atoms with van der Waals surface area (Å²) in [6.45, 7) is 2.32. The number of nitrogens with one attached hydrogen (secondary N) is 1. The van der Waals surface area contributed by atoms with Gasteiger partial charge in [0.25, 0.3) is 0 Å². The molecule has 4 nitrogen and oxygen atoms in total. The quantitative estimate of drug-likeness (QED) is 0.863. The molecule has 0 aliphatic carbocycles. The number of furan rings is 1. The van der Waals surface area contributed by atoms with Crippen LogP contribution in [0.5, 0.6) is 0 Å². The number of piperidine rings is 1. The standard InChI is InChI=1S/C13H17N3O/c1-16-6-4-10(5-7-16)11-9-12(15-14-11)13-3-2-8-17-13/h2-3,8-10H,4-7H2,1H3,(H,14,15). The molecule has 90 valence electrons. The average molecular weight is 231 g/mol. The van der Waals surface area contributed by atoms with Crippen molar-refractivity contribution in [3.05, 3.63) is 30.2 Å². The molecule has 1 fully saturated rings. The number of hydrogen-bond acceptors (Lipinski definition) is 3. The number of likely N-dealkylation sites (tertiary alicyclic amines) is 1. The summed E-state index contributed by atoms with van der Waals surface area (Å²) in [6, 6.07) is 5.96. The van der Waals surface area contributed by atoms with Gasteiger partial charge in [-0.25, -0.2) is 0 Å². The van der Waals surface area contributed by atoms with Crippen LogP contribution in [0.4, 0.5) is 0 Å². The van der Waals surface area contributed by atoms with E-state index in [0.29, 0.717) is 5.92 Å². The van der Waals surface area contributed by atoms with Gasteiger partial charge in [-0.2, -0.15) is 5.10 Å². The van der Waals surface area contributed by atoms with Gasteiger partial charge in [0.15, 0.2) is 5.76 Å². The molecule has 1 aliphatic rings. The van der Waals surface area contributed by atoms with Crippen molar-refractivity contribution >= 4 is 0 Å². The van der Waals surface area contributed by atoms with Crippen molar-refractivity contribution < 1.29 is 4.42 Å². The fourth-order valence-corrected chi connectivity index (χ4v) is 2.41. The van der Waals surface area contributed by atoms with Crippen LogP contribution in [0.2, 0.25) is 0 Å². The zero-order valence-electron chi connectivity index (χ0n) is 10.0. The number of rotatable bonds is 2. The van der Waals surface area contributed by atoms with Crippen molar-refractivity contribution in [1.82, 2.24) is 15.1 Å².